The number of H-pyrrole nitrogens is 1. The van der Waals surface area contributed by atoms with Gasteiger partial charge in [0.15, 0.2) is 0 Å². The van der Waals surface area contributed by atoms with Crippen LogP contribution in [0.1, 0.15) is 5.69 Å². The fourth-order valence-corrected chi connectivity index (χ4v) is 3.04. The highest BCUT2D eigenvalue weighted by Gasteiger charge is 2.10. The maximum Gasteiger partial charge on any atom is 0.0713 e. The van der Waals surface area contributed by atoms with E-state index in [0.29, 0.717) is 0 Å². The molecule has 0 bridgehead atoms. The summed E-state index contributed by atoms with van der Waals surface area (Å²) in [4.78, 5) is 8.21. The number of para-hydroxylation sites is 1. The van der Waals surface area contributed by atoms with Gasteiger partial charge >= 0.3 is 0 Å². The molecule has 102 valence electrons. The summed E-state index contributed by atoms with van der Waals surface area (Å²) in [5.74, 6) is 0. The first kappa shape index (κ1) is 12.6. The second-order valence-corrected chi connectivity index (χ2v) is 6.11. The molecule has 0 unspecified atom stereocenters. The Morgan fingerprint density at radius 2 is 1.71 bits per heavy atom. The van der Waals surface area contributed by atoms with E-state index >= 15 is 0 Å². The smallest absolute Gasteiger partial charge is 0.0713 e. The van der Waals surface area contributed by atoms with Crippen LogP contribution in [0.2, 0.25) is 0 Å². The average Bonchev–Trinajstić information content (AvgIpc) is 2.87. The number of aromatic nitrogens is 2. The molecule has 0 saturated carbocycles. The molecule has 2 heterocycles. The van der Waals surface area contributed by atoms with Gasteiger partial charge in [-0.2, -0.15) is 0 Å². The van der Waals surface area contributed by atoms with Crippen molar-refractivity contribution in [3.8, 4) is 11.3 Å². The summed E-state index contributed by atoms with van der Waals surface area (Å²) >= 11 is 3.47. The molecule has 21 heavy (non-hydrogen) atoms. The van der Waals surface area contributed by atoms with Crippen LogP contribution >= 0.6 is 15.9 Å². The molecular formula is C18H13BrN2. The number of rotatable bonds is 1. The van der Waals surface area contributed by atoms with E-state index in [1.54, 1.807) is 0 Å². The van der Waals surface area contributed by atoms with Crippen molar-refractivity contribution in [3.63, 3.8) is 0 Å². The average molecular weight is 337 g/mol. The minimum absolute atomic E-state index is 1.01. The van der Waals surface area contributed by atoms with Gasteiger partial charge in [0.05, 0.1) is 16.9 Å². The molecule has 2 aromatic heterocycles. The molecule has 2 nitrogen and oxygen atoms in total. The van der Waals surface area contributed by atoms with Crippen molar-refractivity contribution in [2.24, 2.45) is 0 Å². The van der Waals surface area contributed by atoms with Crippen LogP contribution in [0.3, 0.4) is 0 Å². The number of nitrogens with one attached hydrogen (secondary N) is 1. The number of aromatic amines is 1. The van der Waals surface area contributed by atoms with Crippen molar-refractivity contribution in [1.29, 1.82) is 0 Å². The highest BCUT2D eigenvalue weighted by Crippen LogP contribution is 2.30. The Labute approximate surface area is 131 Å². The third kappa shape index (κ3) is 2.05. The van der Waals surface area contributed by atoms with Gasteiger partial charge in [-0.3, -0.25) is 4.98 Å². The molecule has 0 fully saturated rings. The van der Waals surface area contributed by atoms with Gasteiger partial charge in [0.2, 0.25) is 0 Å². The lowest BCUT2D eigenvalue weighted by atomic mass is 10.1. The van der Waals surface area contributed by atoms with E-state index in [9.17, 15) is 0 Å². The molecule has 0 radical (unpaired) electrons. The molecule has 4 aromatic rings. The first-order valence-corrected chi connectivity index (χ1v) is 7.66. The Bertz CT molecular complexity index is 952. The lowest BCUT2D eigenvalue weighted by molar-refractivity contribution is 1.22. The zero-order valence-corrected chi connectivity index (χ0v) is 13.1. The van der Waals surface area contributed by atoms with Crippen LogP contribution in [0.15, 0.2) is 59.1 Å². The van der Waals surface area contributed by atoms with Crippen molar-refractivity contribution in [2.75, 3.05) is 0 Å². The van der Waals surface area contributed by atoms with Gasteiger partial charge in [-0.1, -0.05) is 46.3 Å². The van der Waals surface area contributed by atoms with Crippen molar-refractivity contribution in [1.82, 2.24) is 9.97 Å². The van der Waals surface area contributed by atoms with Crippen LogP contribution in [0.5, 0.6) is 0 Å². The zero-order chi connectivity index (χ0) is 14.4. The van der Waals surface area contributed by atoms with Crippen molar-refractivity contribution < 1.29 is 0 Å². The SMILES string of the molecule is Cc1nc(-c2ccc(Br)cc2)cc2c1[nH]c1ccccc12. The minimum atomic E-state index is 1.01. The van der Waals surface area contributed by atoms with E-state index in [1.807, 2.05) is 12.1 Å². The van der Waals surface area contributed by atoms with Crippen LogP contribution in [-0.4, -0.2) is 9.97 Å². The third-order valence-corrected chi connectivity index (χ3v) is 4.35. The van der Waals surface area contributed by atoms with E-state index in [1.165, 1.54) is 10.8 Å². The van der Waals surface area contributed by atoms with Gasteiger partial charge in [-0.25, -0.2) is 0 Å². The molecule has 0 aliphatic rings. The second-order valence-electron chi connectivity index (χ2n) is 5.19. The molecule has 0 amide bonds. The van der Waals surface area contributed by atoms with Crippen LogP contribution in [0.25, 0.3) is 33.1 Å². The highest BCUT2D eigenvalue weighted by atomic mass is 79.9. The quantitative estimate of drug-likeness (QED) is 0.491. The zero-order valence-electron chi connectivity index (χ0n) is 11.5. The van der Waals surface area contributed by atoms with Crippen LogP contribution < -0.4 is 0 Å². The molecule has 0 atom stereocenters. The number of benzene rings is 2. The Kier molecular flexibility index (Phi) is 2.82. The molecule has 1 N–H and O–H groups in total. The maximum absolute atomic E-state index is 4.75. The van der Waals surface area contributed by atoms with E-state index in [0.717, 1.165) is 32.5 Å². The fraction of sp³-hybridized carbons (Fsp3) is 0.0556. The van der Waals surface area contributed by atoms with Gasteiger partial charge < -0.3 is 4.98 Å². The standard InChI is InChI=1S/C18H13BrN2/c1-11-18-15(14-4-2-3-5-16(14)21-18)10-17(20-11)12-6-8-13(19)9-7-12/h2-10,21H,1H3. The Morgan fingerprint density at radius 1 is 0.952 bits per heavy atom. The van der Waals surface area contributed by atoms with Gasteiger partial charge in [0, 0.05) is 26.3 Å². The molecule has 0 spiro atoms. The van der Waals surface area contributed by atoms with E-state index in [4.69, 9.17) is 4.98 Å². The number of nitrogens with zero attached hydrogens (tertiary/aromatic N) is 1. The minimum Gasteiger partial charge on any atom is -0.353 e. The number of aryl methyl sites for hydroxylation is 1. The Hall–Kier alpha value is -2.13. The second kappa shape index (κ2) is 4.71. The summed E-state index contributed by atoms with van der Waals surface area (Å²) in [6.45, 7) is 2.06. The van der Waals surface area contributed by atoms with Crippen molar-refractivity contribution >= 4 is 37.7 Å². The lowest BCUT2D eigenvalue weighted by Crippen LogP contribution is -1.88. The molecular weight excluding hydrogens is 324 g/mol. The van der Waals surface area contributed by atoms with Crippen LogP contribution in [0, 0.1) is 6.92 Å². The summed E-state index contributed by atoms with van der Waals surface area (Å²) in [7, 11) is 0. The van der Waals surface area contributed by atoms with Crippen molar-refractivity contribution in [2.45, 2.75) is 6.92 Å². The topological polar surface area (TPSA) is 28.7 Å². The van der Waals surface area contributed by atoms with E-state index in [2.05, 4.69) is 70.3 Å². The number of pyridine rings is 1. The monoisotopic (exact) mass is 336 g/mol. The van der Waals surface area contributed by atoms with Crippen LogP contribution in [-0.2, 0) is 0 Å². The summed E-state index contributed by atoms with van der Waals surface area (Å²) in [5.41, 5.74) is 5.45. The van der Waals surface area contributed by atoms with Gasteiger partial charge in [0.1, 0.15) is 0 Å². The van der Waals surface area contributed by atoms with Crippen LogP contribution in [0.4, 0.5) is 0 Å². The summed E-state index contributed by atoms with van der Waals surface area (Å²) in [6.07, 6.45) is 0. The predicted molar refractivity (Wildman–Crippen MR) is 91.5 cm³/mol. The maximum atomic E-state index is 4.75. The molecule has 3 heteroatoms. The lowest BCUT2D eigenvalue weighted by Gasteiger charge is -2.04. The number of hydrogen-bond acceptors (Lipinski definition) is 1. The first-order chi connectivity index (χ1) is 10.2. The van der Waals surface area contributed by atoms with E-state index in [-0.39, 0.29) is 0 Å². The molecule has 0 aliphatic carbocycles. The number of halogens is 1. The first-order valence-electron chi connectivity index (χ1n) is 6.86. The largest absolute Gasteiger partial charge is 0.353 e. The molecule has 0 saturated heterocycles. The van der Waals surface area contributed by atoms with Gasteiger partial charge in [-0.05, 0) is 31.2 Å². The van der Waals surface area contributed by atoms with Gasteiger partial charge in [-0.15, -0.1) is 0 Å². The predicted octanol–water partition coefficient (Wildman–Crippen LogP) is 5.45. The van der Waals surface area contributed by atoms with E-state index < -0.39 is 0 Å². The molecule has 4 rings (SSSR count). The summed E-state index contributed by atoms with van der Waals surface area (Å²) in [6, 6.07) is 18.8. The van der Waals surface area contributed by atoms with Crippen molar-refractivity contribution in [3.05, 3.63) is 64.8 Å². The Balaban J connectivity index is 2.03. The normalized spacial score (nSPS) is 11.3. The number of hydrogen-bond donors (Lipinski definition) is 1. The molecule has 2 aromatic carbocycles. The number of fused-ring (bicyclic) bond motifs is 3. The Morgan fingerprint density at radius 3 is 2.52 bits per heavy atom. The highest BCUT2D eigenvalue weighted by molar-refractivity contribution is 9.10. The summed E-state index contributed by atoms with van der Waals surface area (Å²) in [5, 5.41) is 2.48. The van der Waals surface area contributed by atoms with Gasteiger partial charge in [0.25, 0.3) is 0 Å². The summed E-state index contributed by atoms with van der Waals surface area (Å²) < 4.78 is 1.08. The third-order valence-electron chi connectivity index (χ3n) is 3.82. The molecule has 0 aliphatic heterocycles. The fourth-order valence-electron chi connectivity index (χ4n) is 2.77.